The van der Waals surface area contributed by atoms with Crippen molar-refractivity contribution in [1.82, 2.24) is 4.98 Å². The summed E-state index contributed by atoms with van der Waals surface area (Å²) in [5.41, 5.74) is 8.26. The Kier molecular flexibility index (Phi) is 4.39. The molecular formula is C13H14ClN3S2. The van der Waals surface area contributed by atoms with Gasteiger partial charge in [-0.15, -0.1) is 11.3 Å². The summed E-state index contributed by atoms with van der Waals surface area (Å²) >= 11 is 12.8. The molecule has 1 aromatic heterocycles. The van der Waals surface area contributed by atoms with E-state index in [9.17, 15) is 0 Å². The Labute approximate surface area is 126 Å². The lowest BCUT2D eigenvalue weighted by Crippen LogP contribution is -2.15. The van der Waals surface area contributed by atoms with Gasteiger partial charge in [0.1, 0.15) is 10.00 Å². The molecule has 6 heteroatoms. The van der Waals surface area contributed by atoms with Crippen LogP contribution in [0.25, 0.3) is 0 Å². The quantitative estimate of drug-likeness (QED) is 0.841. The van der Waals surface area contributed by atoms with Gasteiger partial charge in [-0.2, -0.15) is 0 Å². The van der Waals surface area contributed by atoms with Gasteiger partial charge in [-0.25, -0.2) is 4.98 Å². The fourth-order valence-electron chi connectivity index (χ4n) is 1.76. The molecule has 3 nitrogen and oxygen atoms in total. The minimum absolute atomic E-state index is 0.0743. The van der Waals surface area contributed by atoms with Crippen LogP contribution in [0, 0.1) is 6.92 Å². The van der Waals surface area contributed by atoms with E-state index in [-0.39, 0.29) is 11.0 Å². The zero-order valence-corrected chi connectivity index (χ0v) is 13.0. The molecule has 19 heavy (non-hydrogen) atoms. The van der Waals surface area contributed by atoms with Crippen LogP contribution in [0.4, 0.5) is 5.69 Å². The summed E-state index contributed by atoms with van der Waals surface area (Å²) in [5, 5.41) is 6.96. The lowest BCUT2D eigenvalue weighted by Gasteiger charge is -2.16. The molecule has 2 aromatic rings. The van der Waals surface area contributed by atoms with E-state index < -0.39 is 0 Å². The SMILES string of the molecule is Cc1csc(C(C)Nc2cccc(Cl)c2C(N)=S)n1. The normalized spacial score (nSPS) is 12.2. The number of aromatic nitrogens is 1. The molecule has 0 fully saturated rings. The summed E-state index contributed by atoms with van der Waals surface area (Å²) in [6.07, 6.45) is 0. The smallest absolute Gasteiger partial charge is 0.115 e. The number of anilines is 1. The first-order valence-corrected chi connectivity index (χ1v) is 7.42. The van der Waals surface area contributed by atoms with Crippen LogP contribution < -0.4 is 11.1 Å². The molecule has 0 aliphatic heterocycles. The first kappa shape index (κ1) is 14.2. The summed E-state index contributed by atoms with van der Waals surface area (Å²) < 4.78 is 0. The molecule has 0 amide bonds. The maximum Gasteiger partial charge on any atom is 0.115 e. The van der Waals surface area contributed by atoms with Gasteiger partial charge in [0.05, 0.1) is 16.6 Å². The van der Waals surface area contributed by atoms with E-state index in [0.29, 0.717) is 10.6 Å². The van der Waals surface area contributed by atoms with Gasteiger partial charge in [0.15, 0.2) is 0 Å². The number of rotatable bonds is 4. The van der Waals surface area contributed by atoms with Gasteiger partial charge >= 0.3 is 0 Å². The first-order valence-electron chi connectivity index (χ1n) is 5.76. The minimum atomic E-state index is 0.0743. The summed E-state index contributed by atoms with van der Waals surface area (Å²) in [7, 11) is 0. The molecule has 1 unspecified atom stereocenters. The number of nitrogens with two attached hydrogens (primary N) is 1. The van der Waals surface area contributed by atoms with E-state index in [4.69, 9.17) is 29.6 Å². The fraction of sp³-hybridized carbons (Fsp3) is 0.231. The molecule has 0 saturated heterocycles. The van der Waals surface area contributed by atoms with E-state index in [1.54, 1.807) is 17.4 Å². The monoisotopic (exact) mass is 311 g/mol. The van der Waals surface area contributed by atoms with Gasteiger partial charge in [-0.05, 0) is 26.0 Å². The largest absolute Gasteiger partial charge is 0.389 e. The second-order valence-electron chi connectivity index (χ2n) is 4.22. The Morgan fingerprint density at radius 3 is 2.84 bits per heavy atom. The van der Waals surface area contributed by atoms with Crippen LogP contribution in [0.15, 0.2) is 23.6 Å². The van der Waals surface area contributed by atoms with Crippen molar-refractivity contribution in [2.75, 3.05) is 5.32 Å². The molecule has 0 aliphatic carbocycles. The number of benzene rings is 1. The van der Waals surface area contributed by atoms with Gasteiger partial charge < -0.3 is 11.1 Å². The molecule has 3 N–H and O–H groups in total. The molecule has 1 heterocycles. The predicted molar refractivity (Wildman–Crippen MR) is 86.2 cm³/mol. The van der Waals surface area contributed by atoms with Crippen molar-refractivity contribution >= 4 is 45.8 Å². The van der Waals surface area contributed by atoms with Crippen LogP contribution in [-0.4, -0.2) is 9.97 Å². The number of halogens is 1. The lowest BCUT2D eigenvalue weighted by molar-refractivity contribution is 0.863. The Morgan fingerprint density at radius 1 is 1.53 bits per heavy atom. The van der Waals surface area contributed by atoms with Gasteiger partial charge in [0.2, 0.25) is 0 Å². The van der Waals surface area contributed by atoms with Crippen LogP contribution in [0.3, 0.4) is 0 Å². The fourth-order valence-corrected chi connectivity index (χ4v) is 3.12. The number of thiazole rings is 1. The van der Waals surface area contributed by atoms with Crippen molar-refractivity contribution < 1.29 is 0 Å². The second-order valence-corrected chi connectivity index (χ2v) is 5.96. The van der Waals surface area contributed by atoms with Crippen molar-refractivity contribution in [3.63, 3.8) is 0 Å². The molecule has 0 spiro atoms. The summed E-state index contributed by atoms with van der Waals surface area (Å²) in [6, 6.07) is 5.63. The average molecular weight is 312 g/mol. The van der Waals surface area contributed by atoms with Crippen molar-refractivity contribution in [2.45, 2.75) is 19.9 Å². The van der Waals surface area contributed by atoms with Crippen molar-refractivity contribution in [3.8, 4) is 0 Å². The van der Waals surface area contributed by atoms with E-state index in [1.807, 2.05) is 31.4 Å². The Bertz CT molecular complexity index is 610. The maximum absolute atomic E-state index is 6.14. The number of nitrogens with zero attached hydrogens (tertiary/aromatic N) is 1. The molecule has 0 saturated carbocycles. The topological polar surface area (TPSA) is 50.9 Å². The third-order valence-electron chi connectivity index (χ3n) is 2.64. The van der Waals surface area contributed by atoms with Crippen LogP contribution in [0.2, 0.25) is 5.02 Å². The van der Waals surface area contributed by atoms with Crippen molar-refractivity contribution in [3.05, 3.63) is 44.9 Å². The van der Waals surface area contributed by atoms with E-state index in [1.165, 1.54) is 0 Å². The number of nitrogens with one attached hydrogen (secondary N) is 1. The van der Waals surface area contributed by atoms with Crippen LogP contribution in [-0.2, 0) is 0 Å². The molecular weight excluding hydrogens is 298 g/mol. The summed E-state index contributed by atoms with van der Waals surface area (Å²) in [4.78, 5) is 4.75. The molecule has 1 aromatic carbocycles. The van der Waals surface area contributed by atoms with E-state index in [0.717, 1.165) is 16.4 Å². The lowest BCUT2D eigenvalue weighted by atomic mass is 10.1. The zero-order chi connectivity index (χ0) is 14.0. The molecule has 100 valence electrons. The Morgan fingerprint density at radius 2 is 2.26 bits per heavy atom. The number of hydrogen-bond donors (Lipinski definition) is 2. The van der Waals surface area contributed by atoms with E-state index in [2.05, 4.69) is 10.3 Å². The third kappa shape index (κ3) is 3.23. The highest BCUT2D eigenvalue weighted by atomic mass is 35.5. The van der Waals surface area contributed by atoms with Gasteiger partial charge in [-0.3, -0.25) is 0 Å². The van der Waals surface area contributed by atoms with Crippen LogP contribution >= 0.6 is 35.2 Å². The highest BCUT2D eigenvalue weighted by molar-refractivity contribution is 7.80. The molecule has 0 radical (unpaired) electrons. The zero-order valence-electron chi connectivity index (χ0n) is 10.6. The minimum Gasteiger partial charge on any atom is -0.389 e. The first-order chi connectivity index (χ1) is 8.99. The Hall–Kier alpha value is -1.17. The van der Waals surface area contributed by atoms with Gasteiger partial charge in [0.25, 0.3) is 0 Å². The van der Waals surface area contributed by atoms with Gasteiger partial charge in [0, 0.05) is 16.8 Å². The summed E-state index contributed by atoms with van der Waals surface area (Å²) in [6.45, 7) is 4.02. The molecule has 2 rings (SSSR count). The van der Waals surface area contributed by atoms with Crippen LogP contribution in [0.5, 0.6) is 0 Å². The van der Waals surface area contributed by atoms with Crippen molar-refractivity contribution in [1.29, 1.82) is 0 Å². The third-order valence-corrected chi connectivity index (χ3v) is 4.30. The number of hydrogen-bond acceptors (Lipinski definition) is 4. The molecule has 0 bridgehead atoms. The van der Waals surface area contributed by atoms with Crippen LogP contribution in [0.1, 0.15) is 29.2 Å². The van der Waals surface area contributed by atoms with Crippen molar-refractivity contribution in [2.24, 2.45) is 5.73 Å². The number of aryl methyl sites for hydroxylation is 1. The van der Waals surface area contributed by atoms with Gasteiger partial charge in [-0.1, -0.05) is 29.9 Å². The average Bonchev–Trinajstić information content (AvgIpc) is 2.75. The highest BCUT2D eigenvalue weighted by Gasteiger charge is 2.14. The second kappa shape index (κ2) is 5.86. The Balaban J connectivity index is 2.28. The predicted octanol–water partition coefficient (Wildman–Crippen LogP) is 3.91. The van der Waals surface area contributed by atoms with E-state index >= 15 is 0 Å². The standard InChI is InChI=1S/C13H14ClN3S2/c1-7-6-19-13(16-7)8(2)17-10-5-3-4-9(14)11(10)12(15)18/h3-6,8,17H,1-2H3,(H2,15,18). The number of thiocarbonyl (C=S) groups is 1. The molecule has 1 atom stereocenters. The summed E-state index contributed by atoms with van der Waals surface area (Å²) in [5.74, 6) is 0. The highest BCUT2D eigenvalue weighted by Crippen LogP contribution is 2.28. The maximum atomic E-state index is 6.14. The molecule has 0 aliphatic rings.